The molecule has 31 heavy (non-hydrogen) atoms. The van der Waals surface area contributed by atoms with E-state index in [1.54, 1.807) is 18.3 Å². The molecule has 0 aliphatic heterocycles. The number of hydrogen-bond acceptors (Lipinski definition) is 4. The third-order valence-corrected chi connectivity index (χ3v) is 6.18. The number of hydrogen-bond donors (Lipinski definition) is 1. The summed E-state index contributed by atoms with van der Waals surface area (Å²) in [5.74, 6) is -0.688. The Bertz CT molecular complexity index is 1220. The topological polar surface area (TPSA) is 83.2 Å². The van der Waals surface area contributed by atoms with E-state index in [4.69, 9.17) is 9.84 Å². The summed E-state index contributed by atoms with van der Waals surface area (Å²) in [4.78, 5) is 15.2. The monoisotopic (exact) mass is 414 g/mol. The molecule has 1 fully saturated rings. The number of halogens is 1. The number of fused-ring (bicyclic) bond motifs is 1. The van der Waals surface area contributed by atoms with Gasteiger partial charge in [0.15, 0.2) is 0 Å². The van der Waals surface area contributed by atoms with E-state index in [1.165, 1.54) is 6.07 Å². The predicted octanol–water partition coefficient (Wildman–Crippen LogP) is 5.01. The summed E-state index contributed by atoms with van der Waals surface area (Å²) in [7, 11) is 0. The molecule has 1 N–H and O–H groups in total. The van der Waals surface area contributed by atoms with Crippen molar-refractivity contribution in [3.63, 3.8) is 0 Å². The van der Waals surface area contributed by atoms with E-state index in [2.05, 4.69) is 11.1 Å². The molecule has 0 spiro atoms. The molecule has 1 aromatic heterocycles. The number of aromatic nitrogens is 1. The first-order valence-corrected chi connectivity index (χ1v) is 10.2. The second kappa shape index (κ2) is 7.51. The first-order valence-electron chi connectivity index (χ1n) is 10.2. The van der Waals surface area contributed by atoms with E-state index in [0.29, 0.717) is 41.8 Å². The molecule has 0 unspecified atom stereocenters. The van der Waals surface area contributed by atoms with Crippen molar-refractivity contribution < 1.29 is 19.0 Å². The van der Waals surface area contributed by atoms with Crippen LogP contribution in [0.15, 0.2) is 54.7 Å². The molecule has 5 rings (SSSR count). The zero-order valence-corrected chi connectivity index (χ0v) is 16.6. The smallest absolute Gasteiger partial charge is 0.307 e. The van der Waals surface area contributed by atoms with Crippen LogP contribution in [-0.2, 0) is 11.2 Å². The van der Waals surface area contributed by atoms with Gasteiger partial charge in [-0.3, -0.25) is 4.79 Å². The average molecular weight is 414 g/mol. The number of nitriles is 1. The number of carboxylic acids is 1. The van der Waals surface area contributed by atoms with Crippen LogP contribution in [0.3, 0.4) is 0 Å². The minimum absolute atomic E-state index is 0.0626. The summed E-state index contributed by atoms with van der Waals surface area (Å²) in [5.41, 5.74) is 4.20. The molecule has 1 heterocycles. The molecule has 0 saturated heterocycles. The fraction of sp³-hybridized carbons (Fsp3) is 0.240. The summed E-state index contributed by atoms with van der Waals surface area (Å²) < 4.78 is 20.9. The van der Waals surface area contributed by atoms with Gasteiger partial charge in [0.1, 0.15) is 29.4 Å². The van der Waals surface area contributed by atoms with Gasteiger partial charge < -0.3 is 9.84 Å². The fourth-order valence-electron chi connectivity index (χ4n) is 4.55. The van der Waals surface area contributed by atoms with Crippen molar-refractivity contribution in [1.82, 2.24) is 4.98 Å². The Morgan fingerprint density at radius 3 is 2.68 bits per heavy atom. The van der Waals surface area contributed by atoms with Crippen LogP contribution in [0.25, 0.3) is 11.1 Å². The van der Waals surface area contributed by atoms with Crippen molar-refractivity contribution >= 4 is 5.97 Å². The highest BCUT2D eigenvalue weighted by Crippen LogP contribution is 2.48. The van der Waals surface area contributed by atoms with Crippen LogP contribution in [0, 0.1) is 23.1 Å². The highest BCUT2D eigenvalue weighted by atomic mass is 19.1. The van der Waals surface area contributed by atoms with E-state index < -0.39 is 12.1 Å². The maximum absolute atomic E-state index is 14.8. The Labute approximate surface area is 178 Å². The SMILES string of the molecule is N#Cc1ncccc1-c1ccc(F)c2c1CC[C@H]2Oc1ccc([C@H]2C[C@@H]2C(=O)O)cc1. The number of carboxylic acid groups (broad SMARTS) is 1. The Morgan fingerprint density at radius 2 is 1.97 bits per heavy atom. The van der Waals surface area contributed by atoms with E-state index in [1.807, 2.05) is 30.3 Å². The van der Waals surface area contributed by atoms with Crippen LogP contribution in [0.1, 0.15) is 47.2 Å². The molecule has 1 saturated carbocycles. The van der Waals surface area contributed by atoms with Crippen LogP contribution in [-0.4, -0.2) is 16.1 Å². The second-order valence-electron chi connectivity index (χ2n) is 8.00. The van der Waals surface area contributed by atoms with E-state index in [9.17, 15) is 14.4 Å². The van der Waals surface area contributed by atoms with Crippen LogP contribution in [0.2, 0.25) is 0 Å². The van der Waals surface area contributed by atoms with E-state index >= 15 is 0 Å². The Hall–Kier alpha value is -3.72. The van der Waals surface area contributed by atoms with Gasteiger partial charge in [0, 0.05) is 17.3 Å². The van der Waals surface area contributed by atoms with Crippen molar-refractivity contribution in [2.24, 2.45) is 5.92 Å². The lowest BCUT2D eigenvalue weighted by Crippen LogP contribution is -2.06. The maximum Gasteiger partial charge on any atom is 0.307 e. The zero-order chi connectivity index (χ0) is 21.5. The molecule has 6 heteroatoms. The van der Waals surface area contributed by atoms with E-state index in [0.717, 1.165) is 16.7 Å². The number of carbonyl (C=O) groups is 1. The quantitative estimate of drug-likeness (QED) is 0.634. The molecule has 0 amide bonds. The van der Waals surface area contributed by atoms with Crippen molar-refractivity contribution in [2.45, 2.75) is 31.3 Å². The highest BCUT2D eigenvalue weighted by molar-refractivity contribution is 5.75. The molecular weight excluding hydrogens is 395 g/mol. The Morgan fingerprint density at radius 1 is 1.16 bits per heavy atom. The number of rotatable bonds is 5. The van der Waals surface area contributed by atoms with Gasteiger partial charge in [-0.2, -0.15) is 5.26 Å². The number of ether oxygens (including phenoxy) is 1. The molecule has 0 bridgehead atoms. The minimum Gasteiger partial charge on any atom is -0.486 e. The van der Waals surface area contributed by atoms with Gasteiger partial charge in [0.05, 0.1) is 5.92 Å². The summed E-state index contributed by atoms with van der Waals surface area (Å²) in [6.45, 7) is 0. The molecule has 2 aliphatic rings. The number of benzene rings is 2. The number of nitrogens with zero attached hydrogens (tertiary/aromatic N) is 2. The lowest BCUT2D eigenvalue weighted by atomic mass is 9.95. The first-order chi connectivity index (χ1) is 15.1. The molecular formula is C25H19FN2O3. The zero-order valence-electron chi connectivity index (χ0n) is 16.6. The average Bonchev–Trinajstić information content (AvgIpc) is 3.49. The lowest BCUT2D eigenvalue weighted by molar-refractivity contribution is -0.138. The molecule has 2 aliphatic carbocycles. The van der Waals surface area contributed by atoms with Gasteiger partial charge in [-0.25, -0.2) is 9.37 Å². The van der Waals surface area contributed by atoms with Gasteiger partial charge in [-0.05, 0) is 72.2 Å². The van der Waals surface area contributed by atoms with Gasteiger partial charge in [-0.15, -0.1) is 0 Å². The van der Waals surface area contributed by atoms with Gasteiger partial charge in [-0.1, -0.05) is 18.2 Å². The lowest BCUT2D eigenvalue weighted by Gasteiger charge is -2.17. The molecule has 0 radical (unpaired) electrons. The molecule has 154 valence electrons. The van der Waals surface area contributed by atoms with Crippen molar-refractivity contribution in [3.8, 4) is 22.9 Å². The fourth-order valence-corrected chi connectivity index (χ4v) is 4.55. The summed E-state index contributed by atoms with van der Waals surface area (Å²) in [6.07, 6.45) is 3.10. The van der Waals surface area contributed by atoms with Crippen molar-refractivity contribution in [3.05, 3.63) is 82.9 Å². The largest absolute Gasteiger partial charge is 0.486 e. The third kappa shape index (κ3) is 3.42. The van der Waals surface area contributed by atoms with Crippen molar-refractivity contribution in [1.29, 1.82) is 5.26 Å². The van der Waals surface area contributed by atoms with Gasteiger partial charge in [0.25, 0.3) is 0 Å². The third-order valence-electron chi connectivity index (χ3n) is 6.18. The second-order valence-corrected chi connectivity index (χ2v) is 8.00. The Kier molecular flexibility index (Phi) is 4.67. The number of pyridine rings is 1. The normalized spacial score (nSPS) is 21.2. The van der Waals surface area contributed by atoms with Crippen LogP contribution >= 0.6 is 0 Å². The maximum atomic E-state index is 14.8. The molecule has 2 aromatic carbocycles. The summed E-state index contributed by atoms with van der Waals surface area (Å²) in [6, 6.07) is 16.3. The first kappa shape index (κ1) is 19.3. The van der Waals surface area contributed by atoms with Gasteiger partial charge in [0.2, 0.25) is 0 Å². The molecule has 3 atom stereocenters. The van der Waals surface area contributed by atoms with Gasteiger partial charge >= 0.3 is 5.97 Å². The summed E-state index contributed by atoms with van der Waals surface area (Å²) in [5, 5.41) is 18.5. The van der Waals surface area contributed by atoms with Crippen LogP contribution in [0.4, 0.5) is 4.39 Å². The standard InChI is InChI=1S/C25H19FN2O3/c26-21-9-7-16(17-2-1-11-28-22(17)13-27)18-8-10-23(24(18)21)31-15-5-3-14(4-6-15)19-12-20(19)25(29)30/h1-7,9,11,19-20,23H,8,10,12H2,(H,29,30)/t19-,20+,23-/m1/s1. The summed E-state index contributed by atoms with van der Waals surface area (Å²) >= 11 is 0. The highest BCUT2D eigenvalue weighted by Gasteiger charge is 2.44. The van der Waals surface area contributed by atoms with Crippen LogP contribution in [0.5, 0.6) is 5.75 Å². The number of aliphatic carboxylic acids is 1. The molecule has 5 nitrogen and oxygen atoms in total. The molecule has 3 aromatic rings. The minimum atomic E-state index is -0.757. The van der Waals surface area contributed by atoms with Crippen LogP contribution < -0.4 is 4.74 Å². The van der Waals surface area contributed by atoms with Crippen molar-refractivity contribution in [2.75, 3.05) is 0 Å². The Balaban J connectivity index is 1.41. The van der Waals surface area contributed by atoms with E-state index in [-0.39, 0.29) is 17.7 Å². The predicted molar refractivity (Wildman–Crippen MR) is 111 cm³/mol.